The molecule has 0 radical (unpaired) electrons. The van der Waals surface area contributed by atoms with Crippen molar-refractivity contribution < 1.29 is 9.50 Å². The van der Waals surface area contributed by atoms with Gasteiger partial charge in [0.25, 0.3) is 0 Å². The number of fused-ring (bicyclic) bond motifs is 1. The molecular weight excluding hydrogens is 323 g/mol. The third kappa shape index (κ3) is 3.98. The Hall–Kier alpha value is -1.82. The zero-order valence-corrected chi connectivity index (χ0v) is 13.7. The van der Waals surface area contributed by atoms with Crippen LogP contribution in [0.5, 0.6) is 0 Å². The highest BCUT2D eigenvalue weighted by molar-refractivity contribution is 7.59. The van der Waals surface area contributed by atoms with Gasteiger partial charge in [0.15, 0.2) is 0 Å². The molecular formula is C19H25FN2OS. The molecule has 5 heteroatoms. The molecule has 0 bridgehead atoms. The van der Waals surface area contributed by atoms with Gasteiger partial charge in [0.2, 0.25) is 0 Å². The fourth-order valence-corrected chi connectivity index (χ4v) is 2.93. The van der Waals surface area contributed by atoms with Crippen molar-refractivity contribution in [1.82, 2.24) is 4.57 Å². The first kappa shape index (κ1) is 20.2. The van der Waals surface area contributed by atoms with Gasteiger partial charge in [-0.15, -0.1) is 0 Å². The van der Waals surface area contributed by atoms with Gasteiger partial charge in [0.1, 0.15) is 5.82 Å². The molecule has 3 nitrogen and oxygen atoms in total. The topological polar surface area (TPSA) is 51.2 Å². The van der Waals surface area contributed by atoms with Crippen LogP contribution in [-0.2, 0) is 0 Å². The lowest BCUT2D eigenvalue weighted by molar-refractivity contribution is 0.125. The molecule has 0 unspecified atom stereocenters. The standard InChI is InChI=1S/C18H19FN2O.CH4.H2S/c19-15-6-3-5-14(12-15)18(17(22)8-10-20)21-11-9-13-4-1-2-7-16(13)21;;/h1-7,9,11-12,17-18,22H,8,10,20H2;1H4;1H2/t17-,18+;;/m1../s1. The fraction of sp³-hybridized carbons (Fsp3) is 0.263. The van der Waals surface area contributed by atoms with Crippen molar-refractivity contribution in [1.29, 1.82) is 0 Å². The molecule has 0 aliphatic heterocycles. The molecule has 0 amide bonds. The van der Waals surface area contributed by atoms with Crippen LogP contribution in [0.1, 0.15) is 25.5 Å². The highest BCUT2D eigenvalue weighted by Gasteiger charge is 2.23. The normalized spacial score (nSPS) is 13.0. The minimum absolute atomic E-state index is 0. The number of nitrogens with zero attached hydrogens (tertiary/aromatic N) is 1. The van der Waals surface area contributed by atoms with Crippen molar-refractivity contribution in [2.45, 2.75) is 26.0 Å². The first-order valence-electron chi connectivity index (χ1n) is 7.40. The van der Waals surface area contributed by atoms with Crippen LogP contribution in [0.3, 0.4) is 0 Å². The lowest BCUT2D eigenvalue weighted by atomic mass is 9.98. The van der Waals surface area contributed by atoms with Crippen molar-refractivity contribution in [2.24, 2.45) is 5.73 Å². The van der Waals surface area contributed by atoms with E-state index in [1.165, 1.54) is 12.1 Å². The number of halogens is 1. The second-order valence-corrected chi connectivity index (χ2v) is 5.43. The molecule has 0 saturated heterocycles. The first-order valence-corrected chi connectivity index (χ1v) is 7.40. The van der Waals surface area contributed by atoms with Gasteiger partial charge in [0.05, 0.1) is 12.1 Å². The van der Waals surface area contributed by atoms with E-state index in [1.54, 1.807) is 6.07 Å². The number of aliphatic hydroxyl groups excluding tert-OH is 1. The number of hydrogen-bond donors (Lipinski definition) is 2. The second kappa shape index (κ2) is 8.87. The third-order valence-corrected chi connectivity index (χ3v) is 3.95. The Bertz CT molecular complexity index is 775. The van der Waals surface area contributed by atoms with Crippen LogP contribution in [-0.4, -0.2) is 22.3 Å². The van der Waals surface area contributed by atoms with Gasteiger partial charge in [-0.3, -0.25) is 0 Å². The summed E-state index contributed by atoms with van der Waals surface area (Å²) < 4.78 is 15.6. The summed E-state index contributed by atoms with van der Waals surface area (Å²) in [5.41, 5.74) is 7.34. The van der Waals surface area contributed by atoms with Crippen molar-refractivity contribution >= 4 is 24.4 Å². The Morgan fingerprint density at radius 3 is 2.54 bits per heavy atom. The van der Waals surface area contributed by atoms with Crippen LogP contribution in [0.2, 0.25) is 0 Å². The van der Waals surface area contributed by atoms with E-state index >= 15 is 0 Å². The summed E-state index contributed by atoms with van der Waals surface area (Å²) in [6.07, 6.45) is 1.70. The molecule has 0 aliphatic carbocycles. The summed E-state index contributed by atoms with van der Waals surface area (Å²) in [6, 6.07) is 16.0. The summed E-state index contributed by atoms with van der Waals surface area (Å²) >= 11 is 0. The van der Waals surface area contributed by atoms with E-state index in [-0.39, 0.29) is 32.8 Å². The molecule has 1 heterocycles. The van der Waals surface area contributed by atoms with Crippen molar-refractivity contribution in [2.75, 3.05) is 6.54 Å². The molecule has 3 N–H and O–H groups in total. The average Bonchev–Trinajstić information content (AvgIpc) is 2.92. The lowest BCUT2D eigenvalue weighted by Crippen LogP contribution is -2.27. The summed E-state index contributed by atoms with van der Waals surface area (Å²) in [7, 11) is 0. The molecule has 130 valence electrons. The number of rotatable bonds is 5. The quantitative estimate of drug-likeness (QED) is 0.736. The van der Waals surface area contributed by atoms with E-state index < -0.39 is 6.10 Å². The van der Waals surface area contributed by atoms with Gasteiger partial charge in [-0.2, -0.15) is 13.5 Å². The number of para-hydroxylation sites is 1. The molecule has 2 atom stereocenters. The molecule has 2 aromatic carbocycles. The van der Waals surface area contributed by atoms with Crippen LogP contribution >= 0.6 is 13.5 Å². The largest absolute Gasteiger partial charge is 0.391 e. The zero-order chi connectivity index (χ0) is 15.5. The number of nitrogens with two attached hydrogens (primary N) is 1. The Morgan fingerprint density at radius 1 is 1.08 bits per heavy atom. The van der Waals surface area contributed by atoms with E-state index in [1.807, 2.05) is 47.2 Å². The predicted octanol–water partition coefficient (Wildman–Crippen LogP) is 3.83. The molecule has 3 aromatic rings. The van der Waals surface area contributed by atoms with Crippen LogP contribution in [0.25, 0.3) is 10.9 Å². The number of hydrogen-bond acceptors (Lipinski definition) is 2. The van der Waals surface area contributed by atoms with E-state index in [0.29, 0.717) is 13.0 Å². The van der Waals surface area contributed by atoms with E-state index in [4.69, 9.17) is 5.73 Å². The minimum atomic E-state index is -0.678. The molecule has 24 heavy (non-hydrogen) atoms. The minimum Gasteiger partial charge on any atom is -0.391 e. The zero-order valence-electron chi connectivity index (χ0n) is 12.7. The number of aromatic nitrogens is 1. The molecule has 0 fully saturated rings. The molecule has 0 spiro atoms. The summed E-state index contributed by atoms with van der Waals surface area (Å²) in [5, 5.41) is 11.6. The highest BCUT2D eigenvalue weighted by atomic mass is 32.1. The van der Waals surface area contributed by atoms with Gasteiger partial charge in [-0.1, -0.05) is 37.8 Å². The number of aliphatic hydroxyl groups is 1. The van der Waals surface area contributed by atoms with Gasteiger partial charge < -0.3 is 15.4 Å². The molecule has 0 aliphatic rings. The third-order valence-electron chi connectivity index (χ3n) is 3.95. The molecule has 0 saturated carbocycles. The monoisotopic (exact) mass is 348 g/mol. The second-order valence-electron chi connectivity index (χ2n) is 5.43. The van der Waals surface area contributed by atoms with Crippen LogP contribution in [0.4, 0.5) is 4.39 Å². The predicted molar refractivity (Wildman–Crippen MR) is 103 cm³/mol. The smallest absolute Gasteiger partial charge is 0.123 e. The van der Waals surface area contributed by atoms with Crippen molar-refractivity contribution in [3.05, 3.63) is 72.2 Å². The SMILES string of the molecule is C.NCC[C@@H](O)[C@H](c1cccc(F)c1)n1ccc2ccccc21.S. The van der Waals surface area contributed by atoms with Crippen LogP contribution in [0.15, 0.2) is 60.8 Å². The maximum absolute atomic E-state index is 13.6. The summed E-state index contributed by atoms with van der Waals surface area (Å²) in [4.78, 5) is 0. The first-order chi connectivity index (χ1) is 10.7. The highest BCUT2D eigenvalue weighted by Crippen LogP contribution is 2.29. The van der Waals surface area contributed by atoms with E-state index in [0.717, 1.165) is 16.5 Å². The van der Waals surface area contributed by atoms with Crippen molar-refractivity contribution in [3.63, 3.8) is 0 Å². The maximum Gasteiger partial charge on any atom is 0.123 e. The molecule has 3 rings (SSSR count). The Morgan fingerprint density at radius 2 is 1.83 bits per heavy atom. The van der Waals surface area contributed by atoms with Gasteiger partial charge in [-0.05, 0) is 48.2 Å². The lowest BCUT2D eigenvalue weighted by Gasteiger charge is -2.26. The van der Waals surface area contributed by atoms with Gasteiger partial charge >= 0.3 is 0 Å². The van der Waals surface area contributed by atoms with Gasteiger partial charge in [-0.25, -0.2) is 4.39 Å². The molecule has 1 aromatic heterocycles. The van der Waals surface area contributed by atoms with Crippen LogP contribution < -0.4 is 5.73 Å². The summed E-state index contributed by atoms with van der Waals surface area (Å²) in [6.45, 7) is 0.381. The van der Waals surface area contributed by atoms with Crippen molar-refractivity contribution in [3.8, 4) is 0 Å². The Kier molecular flexibility index (Phi) is 7.48. The van der Waals surface area contributed by atoms with E-state index in [9.17, 15) is 9.50 Å². The number of benzene rings is 2. The Labute approximate surface area is 149 Å². The van der Waals surface area contributed by atoms with Crippen LogP contribution in [0, 0.1) is 5.82 Å². The maximum atomic E-state index is 13.6. The Balaban J connectivity index is 0.00000144. The fourth-order valence-electron chi connectivity index (χ4n) is 2.93. The van der Waals surface area contributed by atoms with Gasteiger partial charge in [0, 0.05) is 11.7 Å². The average molecular weight is 348 g/mol. The summed E-state index contributed by atoms with van der Waals surface area (Å²) in [5.74, 6) is -0.307. The van der Waals surface area contributed by atoms with E-state index in [2.05, 4.69) is 0 Å².